The molecule has 3 N–H and O–H groups in total. The number of ether oxygens (including phenoxy) is 1. The molecule has 1 aliphatic heterocycles. The zero-order chi connectivity index (χ0) is 13.1. The summed E-state index contributed by atoms with van der Waals surface area (Å²) < 4.78 is 5.96. The van der Waals surface area contributed by atoms with E-state index in [9.17, 15) is 0 Å². The van der Waals surface area contributed by atoms with E-state index in [1.54, 1.807) is 0 Å². The SMILES string of the molecule is CC1OC(C)C(C(CC2CCCCC2)NN)C1C. The predicted molar refractivity (Wildman–Crippen MR) is 75.0 cm³/mol. The van der Waals surface area contributed by atoms with Crippen molar-refractivity contribution in [3.05, 3.63) is 0 Å². The molecule has 2 rings (SSSR count). The molecule has 1 heterocycles. The van der Waals surface area contributed by atoms with Gasteiger partial charge in [-0.2, -0.15) is 0 Å². The fourth-order valence-corrected chi connectivity index (χ4v) is 4.11. The minimum atomic E-state index is 0.333. The van der Waals surface area contributed by atoms with Crippen molar-refractivity contribution < 1.29 is 4.74 Å². The molecule has 0 amide bonds. The zero-order valence-electron chi connectivity index (χ0n) is 12.2. The van der Waals surface area contributed by atoms with Gasteiger partial charge in [-0.15, -0.1) is 0 Å². The third kappa shape index (κ3) is 3.06. The van der Waals surface area contributed by atoms with Crippen LogP contribution in [0.4, 0.5) is 0 Å². The third-order valence-corrected chi connectivity index (χ3v) is 5.31. The fourth-order valence-electron chi connectivity index (χ4n) is 4.11. The second-order valence-corrected chi connectivity index (χ2v) is 6.50. The molecule has 3 heteroatoms. The minimum absolute atomic E-state index is 0.333. The average Bonchev–Trinajstić information content (AvgIpc) is 2.62. The van der Waals surface area contributed by atoms with E-state index in [0.29, 0.717) is 30.1 Å². The maximum absolute atomic E-state index is 5.96. The molecule has 0 bridgehead atoms. The van der Waals surface area contributed by atoms with Crippen molar-refractivity contribution in [2.75, 3.05) is 0 Å². The van der Waals surface area contributed by atoms with E-state index in [-0.39, 0.29) is 0 Å². The van der Waals surface area contributed by atoms with E-state index in [1.165, 1.54) is 38.5 Å². The van der Waals surface area contributed by atoms with E-state index >= 15 is 0 Å². The van der Waals surface area contributed by atoms with Crippen LogP contribution in [-0.2, 0) is 4.74 Å². The van der Waals surface area contributed by atoms with Crippen LogP contribution >= 0.6 is 0 Å². The maximum Gasteiger partial charge on any atom is 0.0597 e. The van der Waals surface area contributed by atoms with E-state index < -0.39 is 0 Å². The molecule has 2 aliphatic rings. The van der Waals surface area contributed by atoms with Gasteiger partial charge in [0.05, 0.1) is 12.2 Å². The van der Waals surface area contributed by atoms with Crippen LogP contribution in [-0.4, -0.2) is 18.2 Å². The fraction of sp³-hybridized carbons (Fsp3) is 1.00. The van der Waals surface area contributed by atoms with Crippen molar-refractivity contribution in [3.63, 3.8) is 0 Å². The van der Waals surface area contributed by atoms with Crippen LogP contribution in [0, 0.1) is 17.8 Å². The van der Waals surface area contributed by atoms with Crippen LogP contribution in [0.25, 0.3) is 0 Å². The highest BCUT2D eigenvalue weighted by molar-refractivity contribution is 4.92. The summed E-state index contributed by atoms with van der Waals surface area (Å²) in [6, 6.07) is 0.419. The van der Waals surface area contributed by atoms with Gasteiger partial charge in [0.15, 0.2) is 0 Å². The van der Waals surface area contributed by atoms with Gasteiger partial charge in [0.25, 0.3) is 0 Å². The lowest BCUT2D eigenvalue weighted by Crippen LogP contribution is -2.46. The second kappa shape index (κ2) is 6.36. The first-order chi connectivity index (χ1) is 8.63. The molecule has 0 radical (unpaired) electrons. The average molecular weight is 254 g/mol. The summed E-state index contributed by atoms with van der Waals surface area (Å²) in [7, 11) is 0. The number of nitrogens with two attached hydrogens (primary N) is 1. The molecule has 18 heavy (non-hydrogen) atoms. The monoisotopic (exact) mass is 254 g/mol. The zero-order valence-corrected chi connectivity index (χ0v) is 12.2. The van der Waals surface area contributed by atoms with Gasteiger partial charge in [-0.1, -0.05) is 39.0 Å². The quantitative estimate of drug-likeness (QED) is 0.599. The van der Waals surface area contributed by atoms with Gasteiger partial charge in [-0.25, -0.2) is 0 Å². The Balaban J connectivity index is 1.94. The number of hydrogen-bond acceptors (Lipinski definition) is 3. The lowest BCUT2D eigenvalue weighted by molar-refractivity contribution is 0.0460. The molecule has 1 saturated carbocycles. The standard InChI is InChI=1S/C15H30N2O/c1-10-11(2)18-12(3)15(10)14(17-16)9-13-7-5-4-6-8-13/h10-15,17H,4-9,16H2,1-3H3. The molecule has 0 aromatic heterocycles. The summed E-state index contributed by atoms with van der Waals surface area (Å²) in [4.78, 5) is 0. The first-order valence-electron chi connectivity index (χ1n) is 7.75. The van der Waals surface area contributed by atoms with Gasteiger partial charge in [-0.3, -0.25) is 11.3 Å². The Hall–Kier alpha value is -0.120. The van der Waals surface area contributed by atoms with Gasteiger partial charge < -0.3 is 4.74 Å². The van der Waals surface area contributed by atoms with Gasteiger partial charge >= 0.3 is 0 Å². The summed E-state index contributed by atoms with van der Waals surface area (Å²) >= 11 is 0. The van der Waals surface area contributed by atoms with Gasteiger partial charge in [0.2, 0.25) is 0 Å². The molecule has 0 aromatic carbocycles. The lowest BCUT2D eigenvalue weighted by Gasteiger charge is -2.32. The Morgan fingerprint density at radius 1 is 1.11 bits per heavy atom. The van der Waals surface area contributed by atoms with Crippen LogP contribution in [0.5, 0.6) is 0 Å². The van der Waals surface area contributed by atoms with Crippen LogP contribution in [0.3, 0.4) is 0 Å². The Kier molecular flexibility index (Phi) is 5.05. The number of nitrogens with one attached hydrogen (secondary N) is 1. The van der Waals surface area contributed by atoms with Crippen molar-refractivity contribution in [2.45, 2.75) is 77.5 Å². The minimum Gasteiger partial charge on any atom is -0.375 e. The van der Waals surface area contributed by atoms with Gasteiger partial charge in [0.1, 0.15) is 0 Å². The topological polar surface area (TPSA) is 47.3 Å². The maximum atomic E-state index is 5.96. The van der Waals surface area contributed by atoms with E-state index in [1.807, 2.05) is 0 Å². The second-order valence-electron chi connectivity index (χ2n) is 6.50. The molecular weight excluding hydrogens is 224 g/mol. The predicted octanol–water partition coefficient (Wildman–Crippen LogP) is 2.85. The summed E-state index contributed by atoms with van der Waals surface area (Å²) in [6.45, 7) is 6.70. The van der Waals surface area contributed by atoms with Gasteiger partial charge in [0, 0.05) is 12.0 Å². The molecule has 1 saturated heterocycles. The highest BCUT2D eigenvalue weighted by Gasteiger charge is 2.41. The first kappa shape index (κ1) is 14.3. The van der Waals surface area contributed by atoms with Crippen molar-refractivity contribution in [2.24, 2.45) is 23.6 Å². The Morgan fingerprint density at radius 2 is 1.78 bits per heavy atom. The molecule has 5 atom stereocenters. The van der Waals surface area contributed by atoms with Crippen LogP contribution < -0.4 is 11.3 Å². The highest BCUT2D eigenvalue weighted by atomic mass is 16.5. The van der Waals surface area contributed by atoms with Crippen molar-refractivity contribution in [1.82, 2.24) is 5.43 Å². The molecule has 0 aromatic rings. The van der Waals surface area contributed by atoms with Crippen molar-refractivity contribution in [1.29, 1.82) is 0 Å². The smallest absolute Gasteiger partial charge is 0.0597 e. The largest absolute Gasteiger partial charge is 0.375 e. The number of hydrogen-bond donors (Lipinski definition) is 2. The summed E-state index contributed by atoms with van der Waals surface area (Å²) in [5, 5.41) is 0. The summed E-state index contributed by atoms with van der Waals surface area (Å²) in [5.74, 6) is 7.87. The Bertz CT molecular complexity index is 253. The summed E-state index contributed by atoms with van der Waals surface area (Å²) in [5.41, 5.74) is 3.09. The molecule has 1 aliphatic carbocycles. The van der Waals surface area contributed by atoms with Crippen LogP contribution in [0.1, 0.15) is 59.3 Å². The Labute approximate surface area is 112 Å². The summed E-state index contributed by atoms with van der Waals surface area (Å²) in [6.07, 6.45) is 8.95. The molecular formula is C15H30N2O. The molecule has 106 valence electrons. The Morgan fingerprint density at radius 3 is 2.28 bits per heavy atom. The molecule has 0 spiro atoms. The van der Waals surface area contributed by atoms with Crippen molar-refractivity contribution in [3.8, 4) is 0 Å². The van der Waals surface area contributed by atoms with E-state index in [0.717, 1.165) is 5.92 Å². The van der Waals surface area contributed by atoms with E-state index in [4.69, 9.17) is 10.6 Å². The number of rotatable bonds is 4. The third-order valence-electron chi connectivity index (χ3n) is 5.31. The first-order valence-corrected chi connectivity index (χ1v) is 7.75. The number of hydrazine groups is 1. The molecule has 5 unspecified atom stereocenters. The van der Waals surface area contributed by atoms with Crippen molar-refractivity contribution >= 4 is 0 Å². The highest BCUT2D eigenvalue weighted by Crippen LogP contribution is 2.38. The van der Waals surface area contributed by atoms with Crippen LogP contribution in [0.2, 0.25) is 0 Å². The molecule has 3 nitrogen and oxygen atoms in total. The lowest BCUT2D eigenvalue weighted by atomic mass is 9.77. The van der Waals surface area contributed by atoms with Crippen LogP contribution in [0.15, 0.2) is 0 Å². The normalized spacial score (nSPS) is 40.0. The van der Waals surface area contributed by atoms with E-state index in [2.05, 4.69) is 26.2 Å². The molecule has 2 fully saturated rings. The van der Waals surface area contributed by atoms with Gasteiger partial charge in [-0.05, 0) is 32.1 Å².